The molecule has 2 N–H and O–H groups in total. The molecule has 0 radical (unpaired) electrons. The van der Waals surface area contributed by atoms with E-state index in [9.17, 15) is 9.59 Å². The first-order chi connectivity index (χ1) is 15.6. The van der Waals surface area contributed by atoms with Gasteiger partial charge in [-0.05, 0) is 42.0 Å². The van der Waals surface area contributed by atoms with Crippen molar-refractivity contribution in [3.05, 3.63) is 107 Å². The third kappa shape index (κ3) is 5.47. The summed E-state index contributed by atoms with van der Waals surface area (Å²) >= 11 is 3.36. The lowest BCUT2D eigenvalue weighted by Gasteiger charge is -2.10. The second kappa shape index (κ2) is 10.0. The van der Waals surface area contributed by atoms with E-state index in [1.54, 1.807) is 43.0 Å². The van der Waals surface area contributed by atoms with Crippen molar-refractivity contribution in [2.45, 2.75) is 13.0 Å². The highest BCUT2D eigenvalue weighted by molar-refractivity contribution is 9.10. The molecule has 160 valence electrons. The number of aromatic nitrogens is 3. The molecule has 2 aromatic heterocycles. The highest BCUT2D eigenvalue weighted by Crippen LogP contribution is 2.15. The van der Waals surface area contributed by atoms with Gasteiger partial charge in [-0.15, -0.1) is 0 Å². The largest absolute Gasteiger partial charge is 0.352 e. The fraction of sp³-hybridized carbons (Fsp3) is 0.0833. The second-order valence-electron chi connectivity index (χ2n) is 7.07. The molecule has 8 heteroatoms. The predicted molar refractivity (Wildman–Crippen MR) is 125 cm³/mol. The maximum absolute atomic E-state index is 12.4. The van der Waals surface area contributed by atoms with Crippen LogP contribution in [-0.2, 0) is 17.8 Å². The fourth-order valence-electron chi connectivity index (χ4n) is 3.17. The first-order valence-electron chi connectivity index (χ1n) is 9.93. The Morgan fingerprint density at radius 2 is 1.84 bits per heavy atom. The Bertz CT molecular complexity index is 1220. The zero-order valence-electron chi connectivity index (χ0n) is 17.0. The minimum Gasteiger partial charge on any atom is -0.352 e. The second-order valence-corrected chi connectivity index (χ2v) is 7.99. The standard InChI is InChI=1S/C24H20BrN5O2/c25-20-5-1-3-18(14-20)24(32)29-21-8-6-17(7-9-21)13-22(31)28-15-19-4-2-10-27-23(19)30-12-11-26-16-30/h1-12,14,16H,13,15H2,(H,28,31)(H,29,32). The number of benzene rings is 2. The average molecular weight is 490 g/mol. The summed E-state index contributed by atoms with van der Waals surface area (Å²) in [5, 5.41) is 5.79. The van der Waals surface area contributed by atoms with Gasteiger partial charge in [0.1, 0.15) is 12.1 Å². The van der Waals surface area contributed by atoms with E-state index >= 15 is 0 Å². The lowest BCUT2D eigenvalue weighted by Crippen LogP contribution is -2.25. The highest BCUT2D eigenvalue weighted by atomic mass is 79.9. The van der Waals surface area contributed by atoms with Gasteiger partial charge in [0, 0.05) is 46.4 Å². The van der Waals surface area contributed by atoms with Crippen LogP contribution in [0.15, 0.2) is 90.1 Å². The number of imidazole rings is 1. The van der Waals surface area contributed by atoms with Gasteiger partial charge in [0.25, 0.3) is 5.91 Å². The Morgan fingerprint density at radius 1 is 1.00 bits per heavy atom. The quantitative estimate of drug-likeness (QED) is 0.408. The first-order valence-corrected chi connectivity index (χ1v) is 10.7. The molecule has 0 aliphatic carbocycles. The van der Waals surface area contributed by atoms with Gasteiger partial charge in [-0.3, -0.25) is 14.2 Å². The number of pyridine rings is 1. The van der Waals surface area contributed by atoms with Gasteiger partial charge >= 0.3 is 0 Å². The maximum Gasteiger partial charge on any atom is 0.255 e. The van der Waals surface area contributed by atoms with E-state index in [4.69, 9.17) is 0 Å². The number of carbonyl (C=O) groups excluding carboxylic acids is 2. The van der Waals surface area contributed by atoms with Crippen LogP contribution in [0.3, 0.4) is 0 Å². The summed E-state index contributed by atoms with van der Waals surface area (Å²) in [6.45, 7) is 0.362. The van der Waals surface area contributed by atoms with E-state index < -0.39 is 0 Å². The Labute approximate surface area is 193 Å². The lowest BCUT2D eigenvalue weighted by molar-refractivity contribution is -0.120. The number of carbonyl (C=O) groups is 2. The van der Waals surface area contributed by atoms with Gasteiger partial charge in [0.15, 0.2) is 0 Å². The molecule has 0 atom stereocenters. The summed E-state index contributed by atoms with van der Waals surface area (Å²) in [7, 11) is 0. The number of anilines is 1. The first kappa shape index (κ1) is 21.5. The number of nitrogens with zero attached hydrogens (tertiary/aromatic N) is 3. The molecule has 0 saturated heterocycles. The van der Waals surface area contributed by atoms with Gasteiger partial charge in [-0.2, -0.15) is 0 Å². The number of rotatable bonds is 7. The van der Waals surface area contributed by atoms with Crippen molar-refractivity contribution in [2.75, 3.05) is 5.32 Å². The van der Waals surface area contributed by atoms with Crippen molar-refractivity contribution in [3.8, 4) is 5.82 Å². The number of hydrogen-bond acceptors (Lipinski definition) is 4. The van der Waals surface area contributed by atoms with E-state index in [2.05, 4.69) is 36.5 Å². The van der Waals surface area contributed by atoms with Crippen LogP contribution in [0.2, 0.25) is 0 Å². The number of amides is 2. The zero-order valence-corrected chi connectivity index (χ0v) is 18.6. The summed E-state index contributed by atoms with van der Waals surface area (Å²) in [6, 6.07) is 18.2. The smallest absolute Gasteiger partial charge is 0.255 e. The van der Waals surface area contributed by atoms with Crippen molar-refractivity contribution >= 4 is 33.4 Å². The van der Waals surface area contributed by atoms with E-state index in [1.807, 2.05) is 47.2 Å². The van der Waals surface area contributed by atoms with Crippen LogP contribution in [0.5, 0.6) is 0 Å². The molecule has 7 nitrogen and oxygen atoms in total. The molecule has 0 unspecified atom stereocenters. The van der Waals surface area contributed by atoms with Crippen LogP contribution >= 0.6 is 15.9 Å². The number of halogens is 1. The molecule has 0 saturated carbocycles. The third-order valence-corrected chi connectivity index (χ3v) is 5.25. The monoisotopic (exact) mass is 489 g/mol. The van der Waals surface area contributed by atoms with Crippen molar-refractivity contribution in [2.24, 2.45) is 0 Å². The van der Waals surface area contributed by atoms with E-state index in [0.717, 1.165) is 21.4 Å². The number of hydrogen-bond donors (Lipinski definition) is 2. The van der Waals surface area contributed by atoms with Crippen LogP contribution in [0.1, 0.15) is 21.5 Å². The molecule has 0 aliphatic heterocycles. The third-order valence-electron chi connectivity index (χ3n) is 4.76. The Balaban J connectivity index is 1.32. The van der Waals surface area contributed by atoms with Gasteiger partial charge in [0.05, 0.1) is 6.42 Å². The highest BCUT2D eigenvalue weighted by Gasteiger charge is 2.10. The van der Waals surface area contributed by atoms with Crippen LogP contribution in [0.25, 0.3) is 5.82 Å². The van der Waals surface area contributed by atoms with Gasteiger partial charge in [-0.1, -0.05) is 40.2 Å². The Hall–Kier alpha value is -3.78. The lowest BCUT2D eigenvalue weighted by atomic mass is 10.1. The molecular formula is C24H20BrN5O2. The van der Waals surface area contributed by atoms with E-state index in [1.165, 1.54) is 0 Å². The average Bonchev–Trinajstić information content (AvgIpc) is 3.34. The van der Waals surface area contributed by atoms with Crippen molar-refractivity contribution < 1.29 is 9.59 Å². The molecule has 32 heavy (non-hydrogen) atoms. The minimum atomic E-state index is -0.193. The maximum atomic E-state index is 12.4. The molecule has 2 aromatic carbocycles. The summed E-state index contributed by atoms with van der Waals surface area (Å²) in [6.07, 6.45) is 7.11. The van der Waals surface area contributed by atoms with Crippen LogP contribution in [0, 0.1) is 0 Å². The molecule has 4 rings (SSSR count). The summed E-state index contributed by atoms with van der Waals surface area (Å²) in [5.74, 6) is 0.439. The van der Waals surface area contributed by atoms with Crippen LogP contribution < -0.4 is 10.6 Å². The molecule has 4 aromatic rings. The van der Waals surface area contributed by atoms with Gasteiger partial charge in [-0.25, -0.2) is 9.97 Å². The summed E-state index contributed by atoms with van der Waals surface area (Å²) in [4.78, 5) is 33.2. The van der Waals surface area contributed by atoms with Crippen LogP contribution in [-0.4, -0.2) is 26.3 Å². The molecule has 2 heterocycles. The molecule has 0 fully saturated rings. The van der Waals surface area contributed by atoms with E-state index in [-0.39, 0.29) is 18.2 Å². The number of nitrogens with one attached hydrogen (secondary N) is 2. The topological polar surface area (TPSA) is 88.9 Å². The van der Waals surface area contributed by atoms with Crippen molar-refractivity contribution in [3.63, 3.8) is 0 Å². The van der Waals surface area contributed by atoms with Gasteiger partial charge in [0.2, 0.25) is 5.91 Å². The summed E-state index contributed by atoms with van der Waals surface area (Å²) < 4.78 is 2.65. The molecule has 0 bridgehead atoms. The van der Waals surface area contributed by atoms with Crippen molar-refractivity contribution in [1.82, 2.24) is 19.9 Å². The Kier molecular flexibility index (Phi) is 6.72. The van der Waals surface area contributed by atoms with Gasteiger partial charge < -0.3 is 10.6 Å². The molecule has 0 spiro atoms. The Morgan fingerprint density at radius 3 is 2.59 bits per heavy atom. The molecule has 2 amide bonds. The van der Waals surface area contributed by atoms with E-state index in [0.29, 0.717) is 17.8 Å². The fourth-order valence-corrected chi connectivity index (χ4v) is 3.57. The normalized spacial score (nSPS) is 10.5. The molecular weight excluding hydrogens is 470 g/mol. The minimum absolute atomic E-state index is 0.101. The molecule has 0 aliphatic rings. The zero-order chi connectivity index (χ0) is 22.3. The van der Waals surface area contributed by atoms with Crippen molar-refractivity contribution in [1.29, 1.82) is 0 Å². The van der Waals surface area contributed by atoms with Crippen LogP contribution in [0.4, 0.5) is 5.69 Å². The summed E-state index contributed by atoms with van der Waals surface area (Å²) in [5.41, 5.74) is 2.97. The predicted octanol–water partition coefficient (Wildman–Crippen LogP) is 4.14. The SMILES string of the molecule is O=C(Cc1ccc(NC(=O)c2cccc(Br)c2)cc1)NCc1cccnc1-n1ccnc1.